The lowest BCUT2D eigenvalue weighted by atomic mass is 9.98. The first-order valence-electron chi connectivity index (χ1n) is 11.3. The molecule has 1 amide bonds. The molecule has 1 fully saturated rings. The maximum Gasteiger partial charge on any atom is 0.243 e. The summed E-state index contributed by atoms with van der Waals surface area (Å²) in [5.74, 6) is -0.0150. The van der Waals surface area contributed by atoms with Crippen molar-refractivity contribution in [3.05, 3.63) is 77.2 Å². The Balaban J connectivity index is 1.44. The van der Waals surface area contributed by atoms with E-state index in [-0.39, 0.29) is 23.9 Å². The molecule has 5 rings (SSSR count). The fraction of sp³-hybridized carbons (Fsp3) is 0.280. The van der Waals surface area contributed by atoms with Gasteiger partial charge in [0.2, 0.25) is 15.9 Å². The molecule has 0 saturated carbocycles. The van der Waals surface area contributed by atoms with Gasteiger partial charge in [-0.1, -0.05) is 35.1 Å². The highest BCUT2D eigenvalue weighted by molar-refractivity contribution is 7.89. The quantitative estimate of drug-likeness (QED) is 0.330. The minimum atomic E-state index is -3.74. The van der Waals surface area contributed by atoms with Crippen molar-refractivity contribution in [1.82, 2.24) is 9.29 Å². The van der Waals surface area contributed by atoms with Crippen LogP contribution >= 0.6 is 22.9 Å². The van der Waals surface area contributed by atoms with Crippen LogP contribution in [0.1, 0.15) is 24.2 Å². The smallest absolute Gasteiger partial charge is 0.243 e. The molecule has 0 bridgehead atoms. The predicted octanol–water partition coefficient (Wildman–Crippen LogP) is 5.49. The van der Waals surface area contributed by atoms with Crippen LogP contribution in [0.15, 0.2) is 70.2 Å². The molecule has 0 spiro atoms. The summed E-state index contributed by atoms with van der Waals surface area (Å²) in [6.07, 6.45) is 2.77. The van der Waals surface area contributed by atoms with Crippen molar-refractivity contribution in [2.45, 2.75) is 31.2 Å². The second-order valence-electron chi connectivity index (χ2n) is 8.58. The molecule has 2 aromatic heterocycles. The van der Waals surface area contributed by atoms with Crippen LogP contribution in [0, 0.1) is 12.8 Å². The van der Waals surface area contributed by atoms with Gasteiger partial charge in [0.15, 0.2) is 5.13 Å². The molecule has 7 nitrogen and oxygen atoms in total. The van der Waals surface area contributed by atoms with Gasteiger partial charge in [-0.25, -0.2) is 13.4 Å². The van der Waals surface area contributed by atoms with Gasteiger partial charge in [-0.3, -0.25) is 9.69 Å². The lowest BCUT2D eigenvalue weighted by Crippen LogP contribution is -2.46. The van der Waals surface area contributed by atoms with E-state index in [0.717, 1.165) is 15.8 Å². The number of rotatable bonds is 6. The molecule has 3 heterocycles. The van der Waals surface area contributed by atoms with E-state index in [1.807, 2.05) is 31.2 Å². The van der Waals surface area contributed by atoms with Crippen LogP contribution in [0.4, 0.5) is 5.13 Å². The molecule has 1 aliphatic heterocycles. The van der Waals surface area contributed by atoms with E-state index in [2.05, 4.69) is 0 Å². The van der Waals surface area contributed by atoms with E-state index < -0.39 is 15.9 Å². The van der Waals surface area contributed by atoms with E-state index in [9.17, 15) is 13.2 Å². The van der Waals surface area contributed by atoms with E-state index in [4.69, 9.17) is 21.0 Å². The number of hydrogen-bond donors (Lipinski definition) is 0. The lowest BCUT2D eigenvalue weighted by molar-refractivity contribution is -0.123. The van der Waals surface area contributed by atoms with Crippen LogP contribution in [0.25, 0.3) is 10.2 Å². The summed E-state index contributed by atoms with van der Waals surface area (Å²) < 4.78 is 34.4. The standard InChI is InChI=1S/C25H24ClN3O4S2/c1-17-5-2-8-22-23(17)27-25(34-22)29(16-20-7-4-14-33-20)24(30)18-6-3-13-28(15-18)35(31,32)21-11-9-19(26)10-12-21/h2,4-5,7-12,14,18H,3,6,13,15-16H2,1H3. The Hall–Kier alpha value is -2.72. The molecule has 1 saturated heterocycles. The molecular formula is C25H24ClN3O4S2. The fourth-order valence-electron chi connectivity index (χ4n) is 4.33. The number of anilines is 1. The number of benzene rings is 2. The third-order valence-electron chi connectivity index (χ3n) is 6.19. The van der Waals surface area contributed by atoms with Gasteiger partial charge in [0.25, 0.3) is 0 Å². The highest BCUT2D eigenvalue weighted by Crippen LogP contribution is 2.34. The predicted molar refractivity (Wildman–Crippen MR) is 137 cm³/mol. The Kier molecular flexibility index (Phi) is 6.67. The van der Waals surface area contributed by atoms with E-state index in [1.54, 1.807) is 29.4 Å². The number of thiazole rings is 1. The minimum Gasteiger partial charge on any atom is -0.467 e. The number of nitrogens with zero attached hydrogens (tertiary/aromatic N) is 3. The SMILES string of the molecule is Cc1cccc2sc(N(Cc3ccco3)C(=O)C3CCCN(S(=O)(=O)c4ccc(Cl)cc4)C3)nc12. The summed E-state index contributed by atoms with van der Waals surface area (Å²) in [4.78, 5) is 20.4. The van der Waals surface area contributed by atoms with Crippen molar-refractivity contribution in [3.63, 3.8) is 0 Å². The molecule has 1 aliphatic rings. The van der Waals surface area contributed by atoms with Crippen molar-refractivity contribution in [2.75, 3.05) is 18.0 Å². The first-order chi connectivity index (χ1) is 16.8. The van der Waals surface area contributed by atoms with Crippen molar-refractivity contribution >= 4 is 54.2 Å². The van der Waals surface area contributed by atoms with Crippen molar-refractivity contribution < 1.29 is 17.6 Å². The Morgan fingerprint density at radius 3 is 2.71 bits per heavy atom. The van der Waals surface area contributed by atoms with Crippen LogP contribution in [-0.2, 0) is 21.4 Å². The molecule has 182 valence electrons. The van der Waals surface area contributed by atoms with Gasteiger partial charge in [0.1, 0.15) is 5.76 Å². The minimum absolute atomic E-state index is 0.113. The second kappa shape index (κ2) is 9.73. The summed E-state index contributed by atoms with van der Waals surface area (Å²) in [5, 5.41) is 1.05. The maximum atomic E-state index is 13.9. The third-order valence-corrected chi connectivity index (χ3v) is 9.36. The van der Waals surface area contributed by atoms with Crippen LogP contribution in [0.2, 0.25) is 5.02 Å². The molecule has 0 aliphatic carbocycles. The number of sulfonamides is 1. The number of aryl methyl sites for hydroxylation is 1. The molecule has 4 aromatic rings. The topological polar surface area (TPSA) is 83.7 Å². The van der Waals surface area contributed by atoms with Crippen LogP contribution in [0.5, 0.6) is 0 Å². The molecule has 2 aromatic carbocycles. The summed E-state index contributed by atoms with van der Waals surface area (Å²) in [5.41, 5.74) is 1.90. The zero-order valence-electron chi connectivity index (χ0n) is 19.1. The number of piperidine rings is 1. The maximum absolute atomic E-state index is 13.9. The Morgan fingerprint density at radius 1 is 1.20 bits per heavy atom. The number of carbonyl (C=O) groups is 1. The van der Waals surface area contributed by atoms with E-state index in [1.165, 1.54) is 27.8 Å². The number of fused-ring (bicyclic) bond motifs is 1. The number of para-hydroxylation sites is 1. The number of aromatic nitrogens is 1. The van der Waals surface area contributed by atoms with Crippen molar-refractivity contribution in [3.8, 4) is 0 Å². The average molecular weight is 530 g/mol. The second-order valence-corrected chi connectivity index (χ2v) is 12.0. The Bertz CT molecular complexity index is 1450. The molecule has 10 heteroatoms. The normalized spacial score (nSPS) is 17.0. The molecule has 0 N–H and O–H groups in total. The highest BCUT2D eigenvalue weighted by Gasteiger charge is 2.36. The lowest BCUT2D eigenvalue weighted by Gasteiger charge is -2.33. The number of furan rings is 1. The summed E-state index contributed by atoms with van der Waals surface area (Å²) in [6.45, 7) is 2.70. The third kappa shape index (κ3) is 4.86. The van der Waals surface area contributed by atoms with Crippen LogP contribution in [-0.4, -0.2) is 36.7 Å². The zero-order chi connectivity index (χ0) is 24.6. The zero-order valence-corrected chi connectivity index (χ0v) is 21.4. The van der Waals surface area contributed by atoms with Crippen molar-refractivity contribution in [1.29, 1.82) is 0 Å². The highest BCUT2D eigenvalue weighted by atomic mass is 35.5. The first kappa shape index (κ1) is 24.0. The van der Waals surface area contributed by atoms with E-state index in [0.29, 0.717) is 35.3 Å². The van der Waals surface area contributed by atoms with Crippen molar-refractivity contribution in [2.24, 2.45) is 5.92 Å². The molecule has 1 unspecified atom stereocenters. The van der Waals surface area contributed by atoms with Gasteiger partial charge in [0.05, 0.1) is 33.8 Å². The summed E-state index contributed by atoms with van der Waals surface area (Å²) >= 11 is 7.38. The molecule has 1 atom stereocenters. The number of halogens is 1. The van der Waals surface area contributed by atoms with Gasteiger partial charge in [0, 0.05) is 18.1 Å². The monoisotopic (exact) mass is 529 g/mol. The van der Waals surface area contributed by atoms with Gasteiger partial charge < -0.3 is 4.42 Å². The van der Waals surface area contributed by atoms with Crippen LogP contribution < -0.4 is 4.90 Å². The number of hydrogen-bond acceptors (Lipinski definition) is 6. The van der Waals surface area contributed by atoms with E-state index >= 15 is 0 Å². The molecule has 0 radical (unpaired) electrons. The fourth-order valence-corrected chi connectivity index (χ4v) is 7.02. The first-order valence-corrected chi connectivity index (χ1v) is 13.9. The van der Waals surface area contributed by atoms with Crippen LogP contribution in [0.3, 0.4) is 0 Å². The molecular weight excluding hydrogens is 506 g/mol. The van der Waals surface area contributed by atoms with Gasteiger partial charge in [-0.05, 0) is 67.8 Å². The summed E-state index contributed by atoms with van der Waals surface area (Å²) in [6, 6.07) is 15.6. The number of amides is 1. The Labute approximate surface area is 213 Å². The average Bonchev–Trinajstić information content (AvgIpc) is 3.53. The van der Waals surface area contributed by atoms with Gasteiger partial charge >= 0.3 is 0 Å². The Morgan fingerprint density at radius 2 is 2.00 bits per heavy atom. The van der Waals surface area contributed by atoms with Gasteiger partial charge in [-0.2, -0.15) is 4.31 Å². The van der Waals surface area contributed by atoms with Gasteiger partial charge in [-0.15, -0.1) is 0 Å². The molecule has 35 heavy (non-hydrogen) atoms. The largest absolute Gasteiger partial charge is 0.467 e. The summed E-state index contributed by atoms with van der Waals surface area (Å²) in [7, 11) is -3.74. The number of carbonyl (C=O) groups excluding carboxylic acids is 1.